The number of anilines is 1. The quantitative estimate of drug-likeness (QED) is 0.682. The van der Waals surface area contributed by atoms with Crippen LogP contribution in [-0.4, -0.2) is 43.0 Å². The molecule has 0 unspecified atom stereocenters. The number of thiophene rings is 1. The van der Waals surface area contributed by atoms with Gasteiger partial charge in [-0.15, -0.1) is 22.7 Å². The number of amides is 1. The molecule has 1 amide bonds. The summed E-state index contributed by atoms with van der Waals surface area (Å²) in [5.74, 6) is 0.0697. The minimum atomic E-state index is -0.359. The van der Waals surface area contributed by atoms with Crippen LogP contribution in [0.25, 0.3) is 10.6 Å². The molecular weight excluding hydrogens is 352 g/mol. The van der Waals surface area contributed by atoms with E-state index in [1.807, 2.05) is 20.8 Å². The monoisotopic (exact) mass is 380 g/mol. The molecule has 2 aromatic rings. The van der Waals surface area contributed by atoms with Crippen LogP contribution in [-0.2, 0) is 11.3 Å². The van der Waals surface area contributed by atoms with Crippen LogP contribution in [0.5, 0.6) is 0 Å². The second kappa shape index (κ2) is 8.78. The zero-order valence-corrected chi connectivity index (χ0v) is 17.3. The van der Waals surface area contributed by atoms with Gasteiger partial charge in [-0.3, -0.25) is 4.79 Å². The van der Waals surface area contributed by atoms with E-state index in [1.54, 1.807) is 22.7 Å². The van der Waals surface area contributed by atoms with Gasteiger partial charge >= 0.3 is 0 Å². The number of rotatable bonds is 8. The summed E-state index contributed by atoms with van der Waals surface area (Å²) in [5, 5.41) is 9.42. The largest absolute Gasteiger partial charge is 0.361 e. The van der Waals surface area contributed by atoms with Crippen molar-refractivity contribution >= 4 is 33.7 Å². The maximum absolute atomic E-state index is 12.0. The molecule has 0 bridgehead atoms. The zero-order chi connectivity index (χ0) is 18.4. The Hall–Kier alpha value is -1.44. The summed E-state index contributed by atoms with van der Waals surface area (Å²) in [7, 11) is 4.17. The molecule has 2 N–H and O–H groups in total. The van der Waals surface area contributed by atoms with Crippen LogP contribution in [0.3, 0.4) is 0 Å². The second-order valence-electron chi connectivity index (χ2n) is 7.32. The fraction of sp³-hybridized carbons (Fsp3) is 0.556. The van der Waals surface area contributed by atoms with Crippen LogP contribution in [0, 0.1) is 5.41 Å². The lowest BCUT2D eigenvalue weighted by Gasteiger charge is -2.17. The van der Waals surface area contributed by atoms with Crippen molar-refractivity contribution in [2.24, 2.45) is 5.41 Å². The Balaban J connectivity index is 1.86. The number of carbonyl (C=O) groups excluding carboxylic acids is 1. The predicted octanol–water partition coefficient (Wildman–Crippen LogP) is 3.90. The van der Waals surface area contributed by atoms with Gasteiger partial charge in [-0.2, -0.15) is 0 Å². The van der Waals surface area contributed by atoms with E-state index in [1.165, 1.54) is 0 Å². The van der Waals surface area contributed by atoms with Crippen LogP contribution in [0.1, 0.15) is 32.1 Å². The molecule has 2 aromatic heterocycles. The van der Waals surface area contributed by atoms with E-state index in [0.717, 1.165) is 40.1 Å². The Morgan fingerprint density at radius 3 is 2.72 bits per heavy atom. The number of hydrogen-bond donors (Lipinski definition) is 2. The summed E-state index contributed by atoms with van der Waals surface area (Å²) in [6, 6.07) is 4.14. The normalized spacial score (nSPS) is 11.8. The van der Waals surface area contributed by atoms with Crippen molar-refractivity contribution in [3.63, 3.8) is 0 Å². The second-order valence-corrected chi connectivity index (χ2v) is 9.35. The zero-order valence-electron chi connectivity index (χ0n) is 15.7. The van der Waals surface area contributed by atoms with Crippen LogP contribution in [0.15, 0.2) is 17.5 Å². The van der Waals surface area contributed by atoms with Crippen LogP contribution >= 0.6 is 22.7 Å². The standard InChI is InChI=1S/C18H28N4OS2/c1-18(2,3)16(23)20-11-13-7-8-15(25-13)14-12-24-17(21-14)19-9-6-10-22(4)5/h7-8,12H,6,9-11H2,1-5H3,(H,19,21)(H,20,23). The molecule has 0 spiro atoms. The maximum Gasteiger partial charge on any atom is 0.225 e. The van der Waals surface area contributed by atoms with Crippen LogP contribution < -0.4 is 10.6 Å². The molecule has 138 valence electrons. The van der Waals surface area contributed by atoms with Gasteiger partial charge in [0.2, 0.25) is 5.91 Å². The first-order chi connectivity index (χ1) is 11.8. The van der Waals surface area contributed by atoms with Crippen molar-refractivity contribution in [1.29, 1.82) is 0 Å². The third-order valence-electron chi connectivity index (χ3n) is 3.58. The topological polar surface area (TPSA) is 57.3 Å². The lowest BCUT2D eigenvalue weighted by Crippen LogP contribution is -2.34. The average molecular weight is 381 g/mol. The molecule has 7 heteroatoms. The van der Waals surface area contributed by atoms with Crippen molar-refractivity contribution in [3.05, 3.63) is 22.4 Å². The molecule has 25 heavy (non-hydrogen) atoms. The first kappa shape index (κ1) is 19.9. The first-order valence-electron chi connectivity index (χ1n) is 8.47. The Morgan fingerprint density at radius 1 is 1.28 bits per heavy atom. The minimum Gasteiger partial charge on any atom is -0.361 e. The van der Waals surface area contributed by atoms with Gasteiger partial charge in [-0.05, 0) is 39.2 Å². The van der Waals surface area contributed by atoms with Gasteiger partial charge < -0.3 is 15.5 Å². The lowest BCUT2D eigenvalue weighted by molar-refractivity contribution is -0.128. The maximum atomic E-state index is 12.0. The number of thiazole rings is 1. The van der Waals surface area contributed by atoms with Crippen molar-refractivity contribution in [3.8, 4) is 10.6 Å². The van der Waals surface area contributed by atoms with E-state index in [2.05, 4.69) is 52.1 Å². The number of nitrogens with zero attached hydrogens (tertiary/aromatic N) is 2. The Labute approximate surface area is 158 Å². The lowest BCUT2D eigenvalue weighted by atomic mass is 9.96. The van der Waals surface area contributed by atoms with E-state index in [4.69, 9.17) is 0 Å². The highest BCUT2D eigenvalue weighted by atomic mass is 32.1. The molecule has 0 aliphatic rings. The predicted molar refractivity (Wildman–Crippen MR) is 108 cm³/mol. The van der Waals surface area contributed by atoms with Crippen LogP contribution in [0.2, 0.25) is 0 Å². The van der Waals surface area contributed by atoms with Gasteiger partial charge in [0.05, 0.1) is 17.1 Å². The van der Waals surface area contributed by atoms with Crippen molar-refractivity contribution in [2.45, 2.75) is 33.7 Å². The SMILES string of the molecule is CN(C)CCCNc1nc(-c2ccc(CNC(=O)C(C)(C)C)s2)cs1. The molecule has 0 saturated heterocycles. The summed E-state index contributed by atoms with van der Waals surface area (Å²) >= 11 is 3.31. The molecular formula is C18H28N4OS2. The molecule has 0 aromatic carbocycles. The highest BCUT2D eigenvalue weighted by Gasteiger charge is 2.20. The van der Waals surface area contributed by atoms with Crippen LogP contribution in [0.4, 0.5) is 5.13 Å². The fourth-order valence-corrected chi connectivity index (χ4v) is 3.82. The molecule has 0 aliphatic carbocycles. The third kappa shape index (κ3) is 6.41. The van der Waals surface area contributed by atoms with Gasteiger partial charge in [-0.1, -0.05) is 20.8 Å². The molecule has 0 saturated carbocycles. The highest BCUT2D eigenvalue weighted by Crippen LogP contribution is 2.30. The summed E-state index contributed by atoms with van der Waals surface area (Å²) in [6.07, 6.45) is 1.10. The van der Waals surface area contributed by atoms with Gasteiger partial charge in [0, 0.05) is 22.2 Å². The summed E-state index contributed by atoms with van der Waals surface area (Å²) in [6.45, 7) is 8.33. The van der Waals surface area contributed by atoms with E-state index in [9.17, 15) is 4.79 Å². The number of carbonyl (C=O) groups is 1. The van der Waals surface area contributed by atoms with Gasteiger partial charge in [0.1, 0.15) is 0 Å². The third-order valence-corrected chi connectivity index (χ3v) is 5.49. The van der Waals surface area contributed by atoms with Gasteiger partial charge in [0.15, 0.2) is 5.13 Å². The molecule has 0 radical (unpaired) electrons. The molecule has 2 heterocycles. The molecule has 0 atom stereocenters. The fourth-order valence-electron chi connectivity index (χ4n) is 2.10. The molecule has 0 fully saturated rings. The minimum absolute atomic E-state index is 0.0697. The van der Waals surface area contributed by atoms with E-state index >= 15 is 0 Å². The molecule has 2 rings (SSSR count). The van der Waals surface area contributed by atoms with Crippen molar-refractivity contribution in [2.75, 3.05) is 32.5 Å². The molecule has 0 aliphatic heterocycles. The van der Waals surface area contributed by atoms with Crippen molar-refractivity contribution in [1.82, 2.24) is 15.2 Å². The average Bonchev–Trinajstić information content (AvgIpc) is 3.17. The Kier molecular flexibility index (Phi) is 6.98. The highest BCUT2D eigenvalue weighted by molar-refractivity contribution is 7.17. The van der Waals surface area contributed by atoms with E-state index < -0.39 is 0 Å². The van der Waals surface area contributed by atoms with E-state index in [-0.39, 0.29) is 11.3 Å². The summed E-state index contributed by atoms with van der Waals surface area (Å²) in [5.41, 5.74) is 0.640. The van der Waals surface area contributed by atoms with Gasteiger partial charge in [0.25, 0.3) is 0 Å². The molecule has 5 nitrogen and oxygen atoms in total. The van der Waals surface area contributed by atoms with E-state index in [0.29, 0.717) is 6.54 Å². The Morgan fingerprint density at radius 2 is 2.04 bits per heavy atom. The summed E-state index contributed by atoms with van der Waals surface area (Å²) < 4.78 is 0. The van der Waals surface area contributed by atoms with Gasteiger partial charge in [-0.25, -0.2) is 4.98 Å². The first-order valence-corrected chi connectivity index (χ1v) is 10.2. The number of nitrogens with one attached hydrogen (secondary N) is 2. The number of hydrogen-bond acceptors (Lipinski definition) is 6. The number of aromatic nitrogens is 1. The Bertz CT molecular complexity index is 685. The smallest absolute Gasteiger partial charge is 0.225 e. The van der Waals surface area contributed by atoms with Crippen molar-refractivity contribution < 1.29 is 4.79 Å². The summed E-state index contributed by atoms with van der Waals surface area (Å²) in [4.78, 5) is 21.1.